The fourth-order valence-corrected chi connectivity index (χ4v) is 3.36. The molecule has 0 aromatic heterocycles. The van der Waals surface area contributed by atoms with Crippen molar-refractivity contribution >= 4 is 6.08 Å². The molecule has 0 amide bonds. The summed E-state index contributed by atoms with van der Waals surface area (Å²) >= 11 is 0. The molecule has 1 N–H and O–H groups in total. The fourth-order valence-electron chi connectivity index (χ4n) is 3.36. The molecule has 0 radical (unpaired) electrons. The van der Waals surface area contributed by atoms with Crippen LogP contribution in [0.25, 0.3) is 17.2 Å². The van der Waals surface area contributed by atoms with Crippen molar-refractivity contribution in [1.29, 1.82) is 0 Å². The molecule has 0 bridgehead atoms. The number of dihydropyridines is 1. The van der Waals surface area contributed by atoms with E-state index in [2.05, 4.69) is 88.1 Å². The molecule has 3 rings (SSSR count). The summed E-state index contributed by atoms with van der Waals surface area (Å²) in [5.74, 6) is 1.04. The van der Waals surface area contributed by atoms with Crippen molar-refractivity contribution in [3.63, 3.8) is 0 Å². The number of hydrogen-bond donors (Lipinski definition) is 1. The van der Waals surface area contributed by atoms with Gasteiger partial charge in [-0.2, -0.15) is 0 Å². The summed E-state index contributed by atoms with van der Waals surface area (Å²) in [5.41, 5.74) is 7.81. The van der Waals surface area contributed by atoms with Gasteiger partial charge in [0.1, 0.15) is 0 Å². The number of allylic oxidation sites excluding steroid dienone is 2. The highest BCUT2D eigenvalue weighted by atomic mass is 14.9. The standard InChI is InChI=1S/C25H29N/c1-6-19-10-11-20(16-24(19)25-9-7-8-12-26-25)23-14-21(17(2)3)13-22(15-23)18(4)5/h6-18,25-26H,1H2,2-5H3. The molecule has 1 unspecified atom stereocenters. The molecule has 2 aromatic carbocycles. The first-order chi connectivity index (χ1) is 12.5. The smallest absolute Gasteiger partial charge is 0.0701 e. The van der Waals surface area contributed by atoms with E-state index < -0.39 is 0 Å². The molecule has 0 saturated carbocycles. The van der Waals surface area contributed by atoms with Gasteiger partial charge in [0.15, 0.2) is 0 Å². The molecule has 2 aromatic rings. The highest BCUT2D eigenvalue weighted by molar-refractivity contribution is 5.70. The summed E-state index contributed by atoms with van der Waals surface area (Å²) in [4.78, 5) is 0. The molecule has 1 nitrogen and oxygen atoms in total. The van der Waals surface area contributed by atoms with Crippen LogP contribution in [0.2, 0.25) is 0 Å². The minimum Gasteiger partial charge on any atom is -0.381 e. The Morgan fingerprint density at radius 3 is 2.12 bits per heavy atom. The van der Waals surface area contributed by atoms with Crippen LogP contribution in [0.1, 0.15) is 67.8 Å². The maximum atomic E-state index is 3.99. The van der Waals surface area contributed by atoms with Gasteiger partial charge in [0.25, 0.3) is 0 Å². The minimum atomic E-state index is 0.186. The maximum absolute atomic E-state index is 3.99. The average molecular weight is 344 g/mol. The van der Waals surface area contributed by atoms with Crippen LogP contribution >= 0.6 is 0 Å². The third-order valence-electron chi connectivity index (χ3n) is 5.07. The van der Waals surface area contributed by atoms with Crippen LogP contribution < -0.4 is 5.32 Å². The molecule has 0 saturated heterocycles. The van der Waals surface area contributed by atoms with E-state index in [0.29, 0.717) is 11.8 Å². The quantitative estimate of drug-likeness (QED) is 0.619. The van der Waals surface area contributed by atoms with Gasteiger partial charge in [-0.05, 0) is 63.6 Å². The zero-order valence-electron chi connectivity index (χ0n) is 16.3. The van der Waals surface area contributed by atoms with Crippen molar-refractivity contribution in [3.05, 3.63) is 89.7 Å². The molecule has 1 aliphatic heterocycles. The average Bonchev–Trinajstić information content (AvgIpc) is 2.67. The molecule has 1 heteroatoms. The Morgan fingerprint density at radius 2 is 1.58 bits per heavy atom. The predicted molar refractivity (Wildman–Crippen MR) is 114 cm³/mol. The Morgan fingerprint density at radius 1 is 0.885 bits per heavy atom. The molecular formula is C25H29N. The first kappa shape index (κ1) is 18.3. The molecular weight excluding hydrogens is 314 g/mol. The monoisotopic (exact) mass is 343 g/mol. The van der Waals surface area contributed by atoms with E-state index in [1.807, 2.05) is 18.4 Å². The second-order valence-electron chi connectivity index (χ2n) is 7.63. The molecule has 26 heavy (non-hydrogen) atoms. The van der Waals surface area contributed by atoms with E-state index in [4.69, 9.17) is 0 Å². The van der Waals surface area contributed by atoms with E-state index in [1.165, 1.54) is 33.4 Å². The Hall–Kier alpha value is -2.54. The van der Waals surface area contributed by atoms with Crippen molar-refractivity contribution in [2.75, 3.05) is 0 Å². The summed E-state index contributed by atoms with van der Waals surface area (Å²) in [6.45, 7) is 13.0. The van der Waals surface area contributed by atoms with Crippen molar-refractivity contribution in [2.24, 2.45) is 0 Å². The van der Waals surface area contributed by atoms with Crippen molar-refractivity contribution in [1.82, 2.24) is 5.32 Å². The molecule has 1 heterocycles. The second kappa shape index (κ2) is 7.78. The Kier molecular flexibility index (Phi) is 5.46. The molecule has 0 spiro atoms. The van der Waals surface area contributed by atoms with E-state index in [0.717, 1.165) is 0 Å². The first-order valence-corrected chi connectivity index (χ1v) is 9.50. The van der Waals surface area contributed by atoms with Gasteiger partial charge in [0.2, 0.25) is 0 Å². The normalized spacial score (nSPS) is 16.2. The number of hydrogen-bond acceptors (Lipinski definition) is 1. The van der Waals surface area contributed by atoms with Crippen molar-refractivity contribution < 1.29 is 0 Å². The topological polar surface area (TPSA) is 12.0 Å². The molecule has 1 atom stereocenters. The van der Waals surface area contributed by atoms with Crippen LogP contribution in [-0.2, 0) is 0 Å². The summed E-state index contributed by atoms with van der Waals surface area (Å²) in [5, 5.41) is 3.43. The maximum Gasteiger partial charge on any atom is 0.0701 e. The summed E-state index contributed by atoms with van der Waals surface area (Å²) in [7, 11) is 0. The van der Waals surface area contributed by atoms with Gasteiger partial charge < -0.3 is 5.32 Å². The van der Waals surface area contributed by atoms with Crippen molar-refractivity contribution in [3.8, 4) is 11.1 Å². The molecule has 1 aliphatic rings. The number of benzene rings is 2. The Balaban J connectivity index is 2.10. The lowest BCUT2D eigenvalue weighted by molar-refractivity contribution is 0.745. The van der Waals surface area contributed by atoms with Gasteiger partial charge in [-0.15, -0.1) is 0 Å². The van der Waals surface area contributed by atoms with Crippen LogP contribution in [0.5, 0.6) is 0 Å². The van der Waals surface area contributed by atoms with Crippen LogP contribution in [0.4, 0.5) is 0 Å². The van der Waals surface area contributed by atoms with E-state index in [1.54, 1.807) is 0 Å². The predicted octanol–water partition coefficient (Wildman–Crippen LogP) is 6.96. The van der Waals surface area contributed by atoms with Gasteiger partial charge in [0, 0.05) is 0 Å². The van der Waals surface area contributed by atoms with E-state index >= 15 is 0 Å². The SMILES string of the molecule is C=Cc1ccc(-c2cc(C(C)C)cc(C(C)C)c2)cc1C1C=CC=CN1. The lowest BCUT2D eigenvalue weighted by Gasteiger charge is -2.20. The number of rotatable bonds is 5. The Labute approximate surface area is 158 Å². The van der Waals surface area contributed by atoms with Gasteiger partial charge in [-0.3, -0.25) is 0 Å². The zero-order chi connectivity index (χ0) is 18.7. The van der Waals surface area contributed by atoms with Crippen LogP contribution in [0, 0.1) is 0 Å². The second-order valence-corrected chi connectivity index (χ2v) is 7.63. The lowest BCUT2D eigenvalue weighted by Crippen LogP contribution is -2.16. The summed E-state index contributed by atoms with van der Waals surface area (Å²) < 4.78 is 0. The highest BCUT2D eigenvalue weighted by Gasteiger charge is 2.14. The third-order valence-corrected chi connectivity index (χ3v) is 5.07. The Bertz CT molecular complexity index is 826. The van der Waals surface area contributed by atoms with Gasteiger partial charge >= 0.3 is 0 Å². The van der Waals surface area contributed by atoms with E-state index in [-0.39, 0.29) is 6.04 Å². The van der Waals surface area contributed by atoms with Crippen LogP contribution in [0.3, 0.4) is 0 Å². The van der Waals surface area contributed by atoms with Gasteiger partial charge in [0.05, 0.1) is 6.04 Å². The minimum absolute atomic E-state index is 0.186. The zero-order valence-corrected chi connectivity index (χ0v) is 16.3. The fraction of sp³-hybridized carbons (Fsp3) is 0.280. The molecule has 0 aliphatic carbocycles. The van der Waals surface area contributed by atoms with Crippen molar-refractivity contribution in [2.45, 2.75) is 45.6 Å². The molecule has 134 valence electrons. The molecule has 0 fully saturated rings. The lowest BCUT2D eigenvalue weighted by atomic mass is 9.89. The summed E-state index contributed by atoms with van der Waals surface area (Å²) in [6, 6.07) is 13.9. The summed E-state index contributed by atoms with van der Waals surface area (Å²) in [6.07, 6.45) is 10.2. The van der Waals surface area contributed by atoms with Gasteiger partial charge in [-0.25, -0.2) is 0 Å². The van der Waals surface area contributed by atoms with Gasteiger partial charge in [-0.1, -0.05) is 82.8 Å². The third kappa shape index (κ3) is 3.83. The highest BCUT2D eigenvalue weighted by Crippen LogP contribution is 2.32. The number of nitrogens with one attached hydrogen (secondary N) is 1. The van der Waals surface area contributed by atoms with Crippen LogP contribution in [-0.4, -0.2) is 0 Å². The van der Waals surface area contributed by atoms with E-state index in [9.17, 15) is 0 Å². The van der Waals surface area contributed by atoms with Crippen LogP contribution in [0.15, 0.2) is 67.4 Å². The first-order valence-electron chi connectivity index (χ1n) is 9.50. The largest absolute Gasteiger partial charge is 0.381 e.